The number of morpholine rings is 1. The minimum atomic E-state index is -0.0895. The monoisotopic (exact) mass is 312 g/mol. The molecule has 0 spiro atoms. The van der Waals surface area contributed by atoms with E-state index in [4.69, 9.17) is 9.47 Å². The van der Waals surface area contributed by atoms with Crippen molar-refractivity contribution in [3.05, 3.63) is 59.9 Å². The largest absolute Gasteiger partial charge is 0.496 e. The van der Waals surface area contributed by atoms with Gasteiger partial charge < -0.3 is 14.4 Å². The lowest BCUT2D eigenvalue weighted by molar-refractivity contribution is -0.138. The highest BCUT2D eigenvalue weighted by molar-refractivity contribution is 5.79. The molecule has 1 aliphatic rings. The molecule has 1 aromatic carbocycles. The highest BCUT2D eigenvalue weighted by atomic mass is 16.5. The third-order valence-corrected chi connectivity index (χ3v) is 4.03. The SMILES string of the molecule is COc1ccccc1CC(=O)N1CCOC(c2ccncc2)C1. The summed E-state index contributed by atoms with van der Waals surface area (Å²) < 4.78 is 11.1. The zero-order chi connectivity index (χ0) is 16.1. The molecule has 1 atom stereocenters. The number of ether oxygens (including phenoxy) is 2. The minimum absolute atomic E-state index is 0.0895. The van der Waals surface area contributed by atoms with Crippen LogP contribution >= 0.6 is 0 Å². The highest BCUT2D eigenvalue weighted by Gasteiger charge is 2.25. The average molecular weight is 312 g/mol. The number of hydrogen-bond acceptors (Lipinski definition) is 4. The number of para-hydroxylation sites is 1. The number of benzene rings is 1. The van der Waals surface area contributed by atoms with Gasteiger partial charge in [0.25, 0.3) is 0 Å². The summed E-state index contributed by atoms with van der Waals surface area (Å²) in [7, 11) is 1.62. The first-order valence-electron chi connectivity index (χ1n) is 7.69. The molecular weight excluding hydrogens is 292 g/mol. The molecule has 0 radical (unpaired) electrons. The molecule has 2 aromatic rings. The van der Waals surface area contributed by atoms with E-state index in [9.17, 15) is 4.79 Å². The van der Waals surface area contributed by atoms with Crippen LogP contribution in [-0.2, 0) is 16.0 Å². The van der Waals surface area contributed by atoms with Gasteiger partial charge in [-0.15, -0.1) is 0 Å². The first kappa shape index (κ1) is 15.5. The number of amides is 1. The van der Waals surface area contributed by atoms with Crippen molar-refractivity contribution in [2.45, 2.75) is 12.5 Å². The summed E-state index contributed by atoms with van der Waals surface area (Å²) in [5.41, 5.74) is 1.96. The van der Waals surface area contributed by atoms with Crippen LogP contribution in [0.1, 0.15) is 17.2 Å². The van der Waals surface area contributed by atoms with Crippen molar-refractivity contribution in [3.63, 3.8) is 0 Å². The first-order chi connectivity index (χ1) is 11.3. The number of pyridine rings is 1. The predicted molar refractivity (Wildman–Crippen MR) is 86.2 cm³/mol. The fourth-order valence-electron chi connectivity index (χ4n) is 2.78. The van der Waals surface area contributed by atoms with E-state index in [2.05, 4.69) is 4.98 Å². The Morgan fingerprint density at radius 3 is 2.87 bits per heavy atom. The smallest absolute Gasteiger partial charge is 0.227 e. The fourth-order valence-corrected chi connectivity index (χ4v) is 2.78. The number of methoxy groups -OCH3 is 1. The maximum atomic E-state index is 12.6. The molecule has 120 valence electrons. The van der Waals surface area contributed by atoms with Crippen LogP contribution in [0, 0.1) is 0 Å². The van der Waals surface area contributed by atoms with Gasteiger partial charge in [0.1, 0.15) is 11.9 Å². The number of nitrogens with zero attached hydrogens (tertiary/aromatic N) is 2. The van der Waals surface area contributed by atoms with E-state index < -0.39 is 0 Å². The standard InChI is InChI=1S/C18H20N2O3/c1-22-16-5-3-2-4-15(16)12-18(21)20-10-11-23-17(13-20)14-6-8-19-9-7-14/h2-9,17H,10-13H2,1H3. The van der Waals surface area contributed by atoms with Crippen molar-refractivity contribution in [1.82, 2.24) is 9.88 Å². The summed E-state index contributed by atoms with van der Waals surface area (Å²) in [5.74, 6) is 0.844. The summed E-state index contributed by atoms with van der Waals surface area (Å²) >= 11 is 0. The molecular formula is C18H20N2O3. The molecule has 1 fully saturated rings. The summed E-state index contributed by atoms with van der Waals surface area (Å²) in [6, 6.07) is 11.5. The molecule has 2 heterocycles. The van der Waals surface area contributed by atoms with E-state index in [0.29, 0.717) is 26.1 Å². The van der Waals surface area contributed by atoms with E-state index >= 15 is 0 Å². The number of hydrogen-bond donors (Lipinski definition) is 0. The predicted octanol–water partition coefficient (Wildman–Crippen LogP) is 2.23. The molecule has 1 aromatic heterocycles. The van der Waals surface area contributed by atoms with Crippen LogP contribution in [0.4, 0.5) is 0 Å². The van der Waals surface area contributed by atoms with Crippen molar-refractivity contribution < 1.29 is 14.3 Å². The van der Waals surface area contributed by atoms with Crippen LogP contribution < -0.4 is 4.74 Å². The highest BCUT2D eigenvalue weighted by Crippen LogP contribution is 2.23. The molecule has 0 saturated carbocycles. The number of aromatic nitrogens is 1. The second-order valence-corrected chi connectivity index (χ2v) is 5.47. The Bertz CT molecular complexity index is 660. The van der Waals surface area contributed by atoms with Gasteiger partial charge in [-0.1, -0.05) is 18.2 Å². The Morgan fingerprint density at radius 2 is 2.09 bits per heavy atom. The van der Waals surface area contributed by atoms with E-state index in [1.165, 1.54) is 0 Å². The lowest BCUT2D eigenvalue weighted by Crippen LogP contribution is -2.43. The Hall–Kier alpha value is -2.40. The molecule has 1 amide bonds. The van der Waals surface area contributed by atoms with E-state index in [1.807, 2.05) is 41.3 Å². The van der Waals surface area contributed by atoms with Crippen LogP contribution in [0.5, 0.6) is 5.75 Å². The fraction of sp³-hybridized carbons (Fsp3) is 0.333. The Balaban J connectivity index is 1.68. The van der Waals surface area contributed by atoms with Crippen LogP contribution in [0.2, 0.25) is 0 Å². The van der Waals surface area contributed by atoms with Gasteiger partial charge >= 0.3 is 0 Å². The number of carbonyl (C=O) groups is 1. The first-order valence-corrected chi connectivity index (χ1v) is 7.69. The molecule has 1 saturated heterocycles. The van der Waals surface area contributed by atoms with E-state index in [0.717, 1.165) is 16.9 Å². The van der Waals surface area contributed by atoms with Gasteiger partial charge in [0, 0.05) is 24.5 Å². The van der Waals surface area contributed by atoms with Gasteiger partial charge in [0.2, 0.25) is 5.91 Å². The van der Waals surface area contributed by atoms with Crippen molar-refractivity contribution in [2.24, 2.45) is 0 Å². The van der Waals surface area contributed by atoms with Gasteiger partial charge in [0.05, 0.1) is 26.7 Å². The molecule has 0 bridgehead atoms. The zero-order valence-corrected chi connectivity index (χ0v) is 13.1. The summed E-state index contributed by atoms with van der Waals surface area (Å²) in [4.78, 5) is 18.5. The van der Waals surface area contributed by atoms with Gasteiger partial charge in [-0.2, -0.15) is 0 Å². The molecule has 5 heteroatoms. The van der Waals surface area contributed by atoms with Gasteiger partial charge in [0.15, 0.2) is 0 Å². The molecule has 5 nitrogen and oxygen atoms in total. The molecule has 23 heavy (non-hydrogen) atoms. The summed E-state index contributed by atoms with van der Waals surface area (Å²) in [5, 5.41) is 0. The van der Waals surface area contributed by atoms with Crippen LogP contribution in [-0.4, -0.2) is 42.6 Å². The molecule has 1 aliphatic heterocycles. The zero-order valence-electron chi connectivity index (χ0n) is 13.1. The minimum Gasteiger partial charge on any atom is -0.496 e. The average Bonchev–Trinajstić information content (AvgIpc) is 2.63. The van der Waals surface area contributed by atoms with E-state index in [1.54, 1.807) is 19.5 Å². The van der Waals surface area contributed by atoms with Crippen molar-refractivity contribution >= 4 is 5.91 Å². The number of rotatable bonds is 4. The van der Waals surface area contributed by atoms with Gasteiger partial charge in [-0.05, 0) is 23.8 Å². The maximum absolute atomic E-state index is 12.6. The topological polar surface area (TPSA) is 51.7 Å². The lowest BCUT2D eigenvalue weighted by atomic mass is 10.1. The normalized spacial score (nSPS) is 17.8. The maximum Gasteiger partial charge on any atom is 0.227 e. The van der Waals surface area contributed by atoms with Crippen molar-refractivity contribution in [2.75, 3.05) is 26.8 Å². The van der Waals surface area contributed by atoms with Gasteiger partial charge in [-0.25, -0.2) is 0 Å². The molecule has 3 rings (SSSR count). The summed E-state index contributed by atoms with van der Waals surface area (Å²) in [6.07, 6.45) is 3.74. The van der Waals surface area contributed by atoms with Crippen LogP contribution in [0.3, 0.4) is 0 Å². The van der Waals surface area contributed by atoms with Crippen molar-refractivity contribution in [1.29, 1.82) is 0 Å². The lowest BCUT2D eigenvalue weighted by Gasteiger charge is -2.33. The second-order valence-electron chi connectivity index (χ2n) is 5.47. The van der Waals surface area contributed by atoms with Gasteiger partial charge in [-0.3, -0.25) is 9.78 Å². The van der Waals surface area contributed by atoms with Crippen molar-refractivity contribution in [3.8, 4) is 5.75 Å². The Morgan fingerprint density at radius 1 is 1.30 bits per heavy atom. The van der Waals surface area contributed by atoms with E-state index in [-0.39, 0.29) is 12.0 Å². The Kier molecular flexibility index (Phi) is 4.88. The number of carbonyl (C=O) groups excluding carboxylic acids is 1. The Labute approximate surface area is 135 Å². The molecule has 1 unspecified atom stereocenters. The molecule has 0 N–H and O–H groups in total. The third-order valence-electron chi connectivity index (χ3n) is 4.03. The summed E-state index contributed by atoms with van der Waals surface area (Å²) in [6.45, 7) is 1.73. The van der Waals surface area contributed by atoms with Crippen LogP contribution in [0.25, 0.3) is 0 Å². The quantitative estimate of drug-likeness (QED) is 0.869. The molecule has 0 aliphatic carbocycles. The van der Waals surface area contributed by atoms with Crippen LogP contribution in [0.15, 0.2) is 48.8 Å². The second kappa shape index (κ2) is 7.24. The third kappa shape index (κ3) is 3.68.